The van der Waals surface area contributed by atoms with Crippen molar-refractivity contribution < 1.29 is 19.1 Å². The van der Waals surface area contributed by atoms with Gasteiger partial charge >= 0.3 is 6.09 Å². The van der Waals surface area contributed by atoms with Crippen molar-refractivity contribution in [2.24, 2.45) is 5.92 Å². The van der Waals surface area contributed by atoms with Gasteiger partial charge in [0.2, 0.25) is 5.91 Å². The molecule has 0 saturated carbocycles. The molecule has 26 heavy (non-hydrogen) atoms. The highest BCUT2D eigenvalue weighted by molar-refractivity contribution is 5.97. The number of Topliss-reactive ketones (excluding diaryl/α,β-unsaturated/α-hetero) is 1. The molecule has 0 radical (unpaired) electrons. The number of amides is 2. The first-order valence-corrected chi connectivity index (χ1v) is 9.03. The number of carbonyl (C=O) groups is 3. The normalized spacial score (nSPS) is 15.5. The fraction of sp³-hybridized carbons (Fsp3) is 0.550. The van der Waals surface area contributed by atoms with Crippen LogP contribution in [0.25, 0.3) is 0 Å². The van der Waals surface area contributed by atoms with Crippen LogP contribution in [0.2, 0.25) is 0 Å². The molecule has 2 amide bonds. The number of ketones is 1. The molecular weight excluding hydrogens is 332 g/mol. The van der Waals surface area contributed by atoms with E-state index in [-0.39, 0.29) is 23.7 Å². The predicted octanol–water partition coefficient (Wildman–Crippen LogP) is 3.86. The predicted molar refractivity (Wildman–Crippen MR) is 100 cm³/mol. The maximum absolute atomic E-state index is 12.3. The van der Waals surface area contributed by atoms with Crippen molar-refractivity contribution in [1.29, 1.82) is 0 Å². The lowest BCUT2D eigenvalue weighted by Gasteiger charge is -2.33. The van der Waals surface area contributed by atoms with E-state index < -0.39 is 5.60 Å². The number of carbonyl (C=O) groups excluding carboxylic acids is 3. The van der Waals surface area contributed by atoms with Gasteiger partial charge in [-0.05, 0) is 58.6 Å². The lowest BCUT2D eigenvalue weighted by molar-refractivity contribution is -0.117. The Morgan fingerprint density at radius 1 is 1.19 bits per heavy atom. The first-order valence-electron chi connectivity index (χ1n) is 9.03. The number of rotatable bonds is 4. The Balaban J connectivity index is 1.80. The number of benzene rings is 1. The second kappa shape index (κ2) is 8.34. The van der Waals surface area contributed by atoms with E-state index in [1.54, 1.807) is 29.2 Å². The summed E-state index contributed by atoms with van der Waals surface area (Å²) in [5.74, 6) is 0.140. The molecule has 0 spiro atoms. The topological polar surface area (TPSA) is 75.7 Å². The molecule has 1 saturated heterocycles. The van der Waals surface area contributed by atoms with E-state index in [2.05, 4.69) is 5.32 Å². The average molecular weight is 360 g/mol. The number of anilines is 1. The molecule has 1 aliphatic heterocycles. The molecule has 0 atom stereocenters. The van der Waals surface area contributed by atoms with Crippen molar-refractivity contribution in [1.82, 2.24) is 4.90 Å². The standard InChI is InChI=1S/C20H28N2O4/c1-14(23)16-6-5-7-17(13-16)21-18(24)12-15-8-10-22(11-9-15)19(25)26-20(2,3)4/h5-7,13,15H,8-12H2,1-4H3,(H,21,24). The average Bonchev–Trinajstić information content (AvgIpc) is 2.54. The maximum Gasteiger partial charge on any atom is 0.410 e. The van der Waals surface area contributed by atoms with Gasteiger partial charge in [-0.1, -0.05) is 12.1 Å². The molecule has 1 heterocycles. The molecular formula is C20H28N2O4. The van der Waals surface area contributed by atoms with Crippen molar-refractivity contribution in [2.45, 2.75) is 52.6 Å². The third-order valence-electron chi connectivity index (χ3n) is 4.29. The summed E-state index contributed by atoms with van der Waals surface area (Å²) in [6.07, 6.45) is 1.67. The van der Waals surface area contributed by atoms with Crippen LogP contribution in [0.4, 0.5) is 10.5 Å². The Kier molecular flexibility index (Phi) is 6.40. The van der Waals surface area contributed by atoms with Gasteiger partial charge in [-0.25, -0.2) is 4.79 Å². The summed E-state index contributed by atoms with van der Waals surface area (Å²) in [5.41, 5.74) is 0.713. The van der Waals surface area contributed by atoms with Crippen LogP contribution in [0.15, 0.2) is 24.3 Å². The zero-order valence-electron chi connectivity index (χ0n) is 16.0. The Morgan fingerprint density at radius 2 is 1.85 bits per heavy atom. The van der Waals surface area contributed by atoms with Crippen LogP contribution in [0.1, 0.15) is 57.3 Å². The lowest BCUT2D eigenvalue weighted by atomic mass is 9.93. The zero-order valence-corrected chi connectivity index (χ0v) is 16.0. The van der Waals surface area contributed by atoms with E-state index in [1.165, 1.54) is 6.92 Å². The van der Waals surface area contributed by atoms with Gasteiger partial charge in [0.05, 0.1) is 0 Å². The molecule has 2 rings (SSSR count). The van der Waals surface area contributed by atoms with E-state index in [9.17, 15) is 14.4 Å². The summed E-state index contributed by atoms with van der Waals surface area (Å²) in [5, 5.41) is 2.85. The largest absolute Gasteiger partial charge is 0.444 e. The van der Waals surface area contributed by atoms with Gasteiger partial charge in [-0.15, -0.1) is 0 Å². The number of hydrogen-bond acceptors (Lipinski definition) is 4. The third kappa shape index (κ3) is 6.17. The molecule has 1 N–H and O–H groups in total. The molecule has 142 valence electrons. The zero-order chi connectivity index (χ0) is 19.3. The summed E-state index contributed by atoms with van der Waals surface area (Å²) in [6, 6.07) is 6.94. The Bertz CT molecular complexity index is 671. The highest BCUT2D eigenvalue weighted by atomic mass is 16.6. The van der Waals surface area contributed by atoms with Crippen LogP contribution in [0.3, 0.4) is 0 Å². The molecule has 6 heteroatoms. The number of nitrogens with zero attached hydrogens (tertiary/aromatic N) is 1. The Labute approximate surface area is 154 Å². The Morgan fingerprint density at radius 3 is 2.42 bits per heavy atom. The van der Waals surface area contributed by atoms with Gasteiger partial charge < -0.3 is 15.0 Å². The van der Waals surface area contributed by atoms with Crippen LogP contribution in [0.5, 0.6) is 0 Å². The molecule has 1 fully saturated rings. The summed E-state index contributed by atoms with van der Waals surface area (Å²) < 4.78 is 5.38. The second-order valence-corrected chi connectivity index (χ2v) is 7.80. The van der Waals surface area contributed by atoms with Crippen LogP contribution in [0, 0.1) is 5.92 Å². The maximum atomic E-state index is 12.3. The fourth-order valence-electron chi connectivity index (χ4n) is 2.94. The van der Waals surface area contributed by atoms with Crippen molar-refractivity contribution in [2.75, 3.05) is 18.4 Å². The molecule has 6 nitrogen and oxygen atoms in total. The van der Waals surface area contributed by atoms with Gasteiger partial charge in [0, 0.05) is 30.8 Å². The quantitative estimate of drug-likeness (QED) is 0.827. The van der Waals surface area contributed by atoms with Gasteiger partial charge in [0.15, 0.2) is 5.78 Å². The number of ether oxygens (including phenoxy) is 1. The van der Waals surface area contributed by atoms with E-state index in [1.807, 2.05) is 20.8 Å². The number of piperidine rings is 1. The van der Waals surface area contributed by atoms with Gasteiger partial charge in [0.25, 0.3) is 0 Å². The summed E-state index contributed by atoms with van der Waals surface area (Å²) in [4.78, 5) is 37.5. The minimum atomic E-state index is -0.498. The third-order valence-corrected chi connectivity index (χ3v) is 4.29. The summed E-state index contributed by atoms with van der Waals surface area (Å²) >= 11 is 0. The van der Waals surface area contributed by atoms with Crippen molar-refractivity contribution in [3.8, 4) is 0 Å². The minimum absolute atomic E-state index is 0.0318. The number of hydrogen-bond donors (Lipinski definition) is 1. The van der Waals surface area contributed by atoms with E-state index in [0.29, 0.717) is 30.8 Å². The van der Waals surface area contributed by atoms with Crippen molar-refractivity contribution in [3.63, 3.8) is 0 Å². The SMILES string of the molecule is CC(=O)c1cccc(NC(=O)CC2CCN(C(=O)OC(C)(C)C)CC2)c1. The number of nitrogens with one attached hydrogen (secondary N) is 1. The van der Waals surface area contributed by atoms with E-state index >= 15 is 0 Å². The van der Waals surface area contributed by atoms with Crippen molar-refractivity contribution >= 4 is 23.5 Å². The van der Waals surface area contributed by atoms with Gasteiger partial charge in [-0.2, -0.15) is 0 Å². The van der Waals surface area contributed by atoms with Crippen molar-refractivity contribution in [3.05, 3.63) is 29.8 Å². The monoisotopic (exact) mass is 360 g/mol. The Hall–Kier alpha value is -2.37. The highest BCUT2D eigenvalue weighted by Gasteiger charge is 2.27. The molecule has 1 aromatic rings. The lowest BCUT2D eigenvalue weighted by Crippen LogP contribution is -2.42. The minimum Gasteiger partial charge on any atom is -0.444 e. The first kappa shape index (κ1) is 19.9. The van der Waals surface area contributed by atoms with Gasteiger partial charge in [-0.3, -0.25) is 9.59 Å². The molecule has 1 aromatic carbocycles. The summed E-state index contributed by atoms with van der Waals surface area (Å²) in [6.45, 7) is 8.26. The number of likely N-dealkylation sites (tertiary alicyclic amines) is 1. The van der Waals surface area contributed by atoms with Crippen LogP contribution in [-0.2, 0) is 9.53 Å². The highest BCUT2D eigenvalue weighted by Crippen LogP contribution is 2.23. The smallest absolute Gasteiger partial charge is 0.410 e. The van der Waals surface area contributed by atoms with Crippen LogP contribution in [-0.4, -0.2) is 41.4 Å². The second-order valence-electron chi connectivity index (χ2n) is 7.80. The molecule has 0 unspecified atom stereocenters. The van der Waals surface area contributed by atoms with Crippen LogP contribution >= 0.6 is 0 Å². The molecule has 0 bridgehead atoms. The van der Waals surface area contributed by atoms with E-state index in [4.69, 9.17) is 4.74 Å². The van der Waals surface area contributed by atoms with Crippen LogP contribution < -0.4 is 5.32 Å². The molecule has 0 aromatic heterocycles. The molecule has 0 aliphatic carbocycles. The van der Waals surface area contributed by atoms with E-state index in [0.717, 1.165) is 12.8 Å². The summed E-state index contributed by atoms with van der Waals surface area (Å²) in [7, 11) is 0. The fourth-order valence-corrected chi connectivity index (χ4v) is 2.94. The van der Waals surface area contributed by atoms with Gasteiger partial charge in [0.1, 0.15) is 5.60 Å². The molecule has 1 aliphatic rings. The first-order chi connectivity index (χ1) is 12.1.